The van der Waals surface area contributed by atoms with Crippen molar-refractivity contribution in [1.29, 1.82) is 0 Å². The van der Waals surface area contributed by atoms with Gasteiger partial charge in [-0.25, -0.2) is 0 Å². The van der Waals surface area contributed by atoms with Crippen LogP contribution in [0.15, 0.2) is 0 Å². The molecule has 0 aromatic carbocycles. The standard InChI is InChI=1S/C14H25NO2/c1-14(2)9-5-8-12(14)15(10-13(16)17)11-6-3-4-7-11/h11-12H,3-10H2,1-2H3,(H,16,17). The third-order valence-corrected chi connectivity index (χ3v) is 4.71. The summed E-state index contributed by atoms with van der Waals surface area (Å²) in [5, 5.41) is 9.13. The first kappa shape index (κ1) is 12.9. The van der Waals surface area contributed by atoms with E-state index in [0.717, 1.165) is 0 Å². The molecule has 1 atom stereocenters. The fraction of sp³-hybridized carbons (Fsp3) is 0.929. The molecule has 2 fully saturated rings. The lowest BCUT2D eigenvalue weighted by molar-refractivity contribution is -0.140. The lowest BCUT2D eigenvalue weighted by atomic mass is 9.85. The van der Waals surface area contributed by atoms with Crippen LogP contribution in [-0.4, -0.2) is 34.6 Å². The minimum atomic E-state index is -0.667. The number of hydrogen-bond acceptors (Lipinski definition) is 2. The molecule has 3 nitrogen and oxygen atoms in total. The highest BCUT2D eigenvalue weighted by Gasteiger charge is 2.41. The van der Waals surface area contributed by atoms with Gasteiger partial charge in [0.1, 0.15) is 0 Å². The van der Waals surface area contributed by atoms with Crippen LogP contribution in [-0.2, 0) is 4.79 Å². The van der Waals surface area contributed by atoms with Crippen molar-refractivity contribution in [3.8, 4) is 0 Å². The van der Waals surface area contributed by atoms with Crippen molar-refractivity contribution in [2.45, 2.75) is 70.9 Å². The second kappa shape index (κ2) is 4.97. The number of nitrogens with zero attached hydrogens (tertiary/aromatic N) is 1. The summed E-state index contributed by atoms with van der Waals surface area (Å²) in [6.45, 7) is 4.84. The monoisotopic (exact) mass is 239 g/mol. The number of carbonyl (C=O) groups is 1. The third-order valence-electron chi connectivity index (χ3n) is 4.71. The average Bonchev–Trinajstić information content (AvgIpc) is 2.83. The van der Waals surface area contributed by atoms with E-state index >= 15 is 0 Å². The molecule has 17 heavy (non-hydrogen) atoms. The van der Waals surface area contributed by atoms with Gasteiger partial charge >= 0.3 is 5.97 Å². The minimum Gasteiger partial charge on any atom is -0.480 e. The Labute approximate surface area is 104 Å². The van der Waals surface area contributed by atoms with E-state index in [9.17, 15) is 4.79 Å². The molecule has 98 valence electrons. The van der Waals surface area contributed by atoms with E-state index < -0.39 is 5.97 Å². The summed E-state index contributed by atoms with van der Waals surface area (Å²) in [5.74, 6) is -0.667. The maximum Gasteiger partial charge on any atom is 0.317 e. The Balaban J connectivity index is 2.11. The molecule has 3 heteroatoms. The normalized spacial score (nSPS) is 29.0. The largest absolute Gasteiger partial charge is 0.480 e. The molecule has 1 unspecified atom stereocenters. The van der Waals surface area contributed by atoms with Gasteiger partial charge in [0, 0.05) is 12.1 Å². The van der Waals surface area contributed by atoms with Gasteiger partial charge in [0.15, 0.2) is 0 Å². The van der Waals surface area contributed by atoms with E-state index in [1.54, 1.807) is 0 Å². The quantitative estimate of drug-likeness (QED) is 0.820. The van der Waals surface area contributed by atoms with Crippen LogP contribution in [0.1, 0.15) is 58.8 Å². The van der Waals surface area contributed by atoms with Gasteiger partial charge in [-0.3, -0.25) is 9.69 Å². The summed E-state index contributed by atoms with van der Waals surface area (Å²) < 4.78 is 0. The lowest BCUT2D eigenvalue weighted by Gasteiger charge is -2.40. The minimum absolute atomic E-state index is 0.235. The highest BCUT2D eigenvalue weighted by molar-refractivity contribution is 5.69. The van der Waals surface area contributed by atoms with E-state index in [1.165, 1.54) is 44.9 Å². The topological polar surface area (TPSA) is 40.5 Å². The van der Waals surface area contributed by atoms with Crippen molar-refractivity contribution in [3.05, 3.63) is 0 Å². The molecular weight excluding hydrogens is 214 g/mol. The smallest absolute Gasteiger partial charge is 0.317 e. The van der Waals surface area contributed by atoms with Gasteiger partial charge in [0.25, 0.3) is 0 Å². The van der Waals surface area contributed by atoms with Gasteiger partial charge in [-0.1, -0.05) is 33.1 Å². The van der Waals surface area contributed by atoms with Gasteiger partial charge in [-0.2, -0.15) is 0 Å². The van der Waals surface area contributed by atoms with E-state index in [2.05, 4.69) is 18.7 Å². The van der Waals surface area contributed by atoms with Gasteiger partial charge in [-0.05, 0) is 31.1 Å². The molecule has 1 N–H and O–H groups in total. The summed E-state index contributed by atoms with van der Waals surface area (Å²) in [6.07, 6.45) is 8.60. The van der Waals surface area contributed by atoms with Crippen molar-refractivity contribution in [3.63, 3.8) is 0 Å². The number of rotatable bonds is 4. The average molecular weight is 239 g/mol. The predicted molar refractivity (Wildman–Crippen MR) is 68.0 cm³/mol. The summed E-state index contributed by atoms with van der Waals surface area (Å²) in [6, 6.07) is 0.996. The summed E-state index contributed by atoms with van der Waals surface area (Å²) in [4.78, 5) is 13.4. The molecule has 0 saturated heterocycles. The summed E-state index contributed by atoms with van der Waals surface area (Å²) in [5.41, 5.74) is 0.290. The second-order valence-corrected chi connectivity index (χ2v) is 6.40. The molecule has 0 heterocycles. The highest BCUT2D eigenvalue weighted by Crippen LogP contribution is 2.42. The molecule has 2 aliphatic rings. The van der Waals surface area contributed by atoms with Crippen molar-refractivity contribution < 1.29 is 9.90 Å². The molecule has 0 aromatic rings. The van der Waals surface area contributed by atoms with Crippen molar-refractivity contribution in [2.24, 2.45) is 5.41 Å². The Morgan fingerprint density at radius 3 is 2.35 bits per heavy atom. The highest BCUT2D eigenvalue weighted by atomic mass is 16.4. The van der Waals surface area contributed by atoms with Crippen molar-refractivity contribution >= 4 is 5.97 Å². The number of carboxylic acid groups (broad SMARTS) is 1. The molecular formula is C14H25NO2. The Bertz CT molecular complexity index is 282. The SMILES string of the molecule is CC1(C)CCCC1N(CC(=O)O)C1CCCC1. The van der Waals surface area contributed by atoms with Gasteiger partial charge < -0.3 is 5.11 Å². The second-order valence-electron chi connectivity index (χ2n) is 6.40. The first-order valence-corrected chi connectivity index (χ1v) is 6.98. The molecule has 0 spiro atoms. The number of carboxylic acids is 1. The zero-order valence-electron chi connectivity index (χ0n) is 11.1. The molecule has 2 aliphatic carbocycles. The van der Waals surface area contributed by atoms with Crippen LogP contribution in [0.2, 0.25) is 0 Å². The molecule has 0 radical (unpaired) electrons. The Morgan fingerprint density at radius 1 is 1.24 bits per heavy atom. The van der Waals surface area contributed by atoms with E-state index in [-0.39, 0.29) is 12.0 Å². The lowest BCUT2D eigenvalue weighted by Crippen LogP contribution is -2.49. The van der Waals surface area contributed by atoms with Gasteiger partial charge in [-0.15, -0.1) is 0 Å². The molecule has 0 bridgehead atoms. The molecule has 2 saturated carbocycles. The summed E-state index contributed by atoms with van der Waals surface area (Å²) >= 11 is 0. The van der Waals surface area contributed by atoms with Crippen LogP contribution < -0.4 is 0 Å². The van der Waals surface area contributed by atoms with E-state index in [1.807, 2.05) is 0 Å². The first-order valence-electron chi connectivity index (χ1n) is 6.98. The van der Waals surface area contributed by atoms with E-state index in [0.29, 0.717) is 12.1 Å². The maximum atomic E-state index is 11.1. The van der Waals surface area contributed by atoms with Crippen LogP contribution in [0.25, 0.3) is 0 Å². The van der Waals surface area contributed by atoms with Crippen LogP contribution >= 0.6 is 0 Å². The Hall–Kier alpha value is -0.570. The Morgan fingerprint density at radius 2 is 1.88 bits per heavy atom. The Kier molecular flexibility index (Phi) is 3.76. The fourth-order valence-corrected chi connectivity index (χ4v) is 3.81. The van der Waals surface area contributed by atoms with Gasteiger partial charge in [0.2, 0.25) is 0 Å². The molecule has 2 rings (SSSR count). The van der Waals surface area contributed by atoms with Crippen LogP contribution in [0.5, 0.6) is 0 Å². The predicted octanol–water partition coefficient (Wildman–Crippen LogP) is 2.89. The van der Waals surface area contributed by atoms with Crippen LogP contribution in [0.4, 0.5) is 0 Å². The third kappa shape index (κ3) is 2.82. The zero-order chi connectivity index (χ0) is 12.5. The molecule has 0 amide bonds. The maximum absolute atomic E-state index is 11.1. The summed E-state index contributed by atoms with van der Waals surface area (Å²) in [7, 11) is 0. The fourth-order valence-electron chi connectivity index (χ4n) is 3.81. The number of aliphatic carboxylic acids is 1. The van der Waals surface area contributed by atoms with Crippen molar-refractivity contribution in [1.82, 2.24) is 4.90 Å². The van der Waals surface area contributed by atoms with Crippen molar-refractivity contribution in [2.75, 3.05) is 6.54 Å². The molecule has 0 aromatic heterocycles. The number of hydrogen-bond donors (Lipinski definition) is 1. The molecule has 0 aliphatic heterocycles. The van der Waals surface area contributed by atoms with Crippen LogP contribution in [0, 0.1) is 5.41 Å². The van der Waals surface area contributed by atoms with Crippen LogP contribution in [0.3, 0.4) is 0 Å². The van der Waals surface area contributed by atoms with Gasteiger partial charge in [0.05, 0.1) is 6.54 Å². The first-order chi connectivity index (χ1) is 8.00. The zero-order valence-corrected chi connectivity index (χ0v) is 11.1. The van der Waals surface area contributed by atoms with E-state index in [4.69, 9.17) is 5.11 Å².